The molecule has 5 nitrogen and oxygen atoms in total. The van der Waals surface area contributed by atoms with Crippen molar-refractivity contribution in [3.8, 4) is 5.69 Å². The van der Waals surface area contributed by atoms with Crippen LogP contribution < -0.4 is 10.6 Å². The van der Waals surface area contributed by atoms with Gasteiger partial charge in [-0.3, -0.25) is 4.79 Å². The molecule has 2 N–H and O–H groups in total. The number of hydrogen-bond acceptors (Lipinski definition) is 3. The summed E-state index contributed by atoms with van der Waals surface area (Å²) in [7, 11) is 0. The molecule has 130 valence electrons. The number of aromatic nitrogens is 2. The Hall–Kier alpha value is -1.85. The zero-order valence-electron chi connectivity index (χ0n) is 14.6. The van der Waals surface area contributed by atoms with E-state index in [9.17, 15) is 4.79 Å². The van der Waals surface area contributed by atoms with Gasteiger partial charge in [-0.15, -0.1) is 0 Å². The van der Waals surface area contributed by atoms with Gasteiger partial charge in [-0.25, -0.2) is 4.68 Å². The van der Waals surface area contributed by atoms with Gasteiger partial charge in [0, 0.05) is 17.6 Å². The maximum Gasteiger partial charge on any atom is 0.254 e. The monoisotopic (exact) mass is 348 g/mol. The van der Waals surface area contributed by atoms with Crippen molar-refractivity contribution in [3.05, 3.63) is 46.7 Å². The Morgan fingerprint density at radius 2 is 2.08 bits per heavy atom. The van der Waals surface area contributed by atoms with Crippen LogP contribution in [0.25, 0.3) is 5.69 Å². The summed E-state index contributed by atoms with van der Waals surface area (Å²) in [6.07, 6.45) is 1.63. The fraction of sp³-hybridized carbons (Fsp3) is 0.444. The van der Waals surface area contributed by atoms with E-state index in [0.29, 0.717) is 17.1 Å². The van der Waals surface area contributed by atoms with Crippen molar-refractivity contribution in [1.29, 1.82) is 0 Å². The van der Waals surface area contributed by atoms with Crippen LogP contribution in [-0.4, -0.2) is 34.8 Å². The molecule has 0 aliphatic carbocycles. The van der Waals surface area contributed by atoms with E-state index < -0.39 is 0 Å². The van der Waals surface area contributed by atoms with Gasteiger partial charge in [0.05, 0.1) is 23.1 Å². The lowest BCUT2D eigenvalue weighted by molar-refractivity contribution is 0.0949. The van der Waals surface area contributed by atoms with E-state index in [1.54, 1.807) is 10.9 Å². The lowest BCUT2D eigenvalue weighted by atomic mass is 10.0. The predicted molar refractivity (Wildman–Crippen MR) is 98.1 cm³/mol. The molecule has 1 heterocycles. The van der Waals surface area contributed by atoms with Crippen molar-refractivity contribution in [2.75, 3.05) is 13.1 Å². The first-order valence-electron chi connectivity index (χ1n) is 8.29. The smallest absolute Gasteiger partial charge is 0.254 e. The number of benzene rings is 1. The number of hydrogen-bond donors (Lipinski definition) is 2. The maximum atomic E-state index is 12.6. The van der Waals surface area contributed by atoms with E-state index >= 15 is 0 Å². The third-order valence-electron chi connectivity index (χ3n) is 3.77. The number of nitrogens with one attached hydrogen (secondary N) is 2. The predicted octanol–water partition coefficient (Wildman–Crippen LogP) is 3.38. The third-order valence-corrected chi connectivity index (χ3v) is 4.01. The average Bonchev–Trinajstić information content (AvgIpc) is 2.98. The van der Waals surface area contributed by atoms with Crippen LogP contribution in [0.1, 0.15) is 49.7 Å². The highest BCUT2D eigenvalue weighted by Gasteiger charge is 2.21. The lowest BCUT2D eigenvalue weighted by Gasteiger charge is -2.15. The molecule has 0 bridgehead atoms. The Kier molecular flexibility index (Phi) is 6.40. The largest absolute Gasteiger partial charge is 0.350 e. The first kappa shape index (κ1) is 18.5. The van der Waals surface area contributed by atoms with Gasteiger partial charge in [0.25, 0.3) is 5.91 Å². The minimum absolute atomic E-state index is 0.100. The van der Waals surface area contributed by atoms with E-state index in [1.807, 2.05) is 38.1 Å². The molecule has 1 aromatic carbocycles. The van der Waals surface area contributed by atoms with Gasteiger partial charge >= 0.3 is 0 Å². The van der Waals surface area contributed by atoms with Crippen molar-refractivity contribution in [3.63, 3.8) is 0 Å². The van der Waals surface area contributed by atoms with Crippen LogP contribution >= 0.6 is 11.6 Å². The molecule has 6 heteroatoms. The molecule has 0 unspecified atom stereocenters. The highest BCUT2D eigenvalue weighted by atomic mass is 35.5. The van der Waals surface area contributed by atoms with E-state index in [0.717, 1.165) is 17.9 Å². The number of carbonyl (C=O) groups excluding carboxylic acids is 1. The average molecular weight is 349 g/mol. The number of halogens is 1. The van der Waals surface area contributed by atoms with Crippen LogP contribution in [0.15, 0.2) is 30.5 Å². The minimum Gasteiger partial charge on any atom is -0.350 e. The summed E-state index contributed by atoms with van der Waals surface area (Å²) in [4.78, 5) is 12.6. The standard InChI is InChI=1S/C18H25ClN4O/c1-5-20-13(4)10-21-18(24)16-11-22-23(17(16)12(2)3)15-8-6-7-14(19)9-15/h6-9,11-13,20H,5,10H2,1-4H3,(H,21,24)/t13-/m1/s1. The Labute approximate surface area is 148 Å². The van der Waals surface area contributed by atoms with Gasteiger partial charge in [-0.05, 0) is 37.6 Å². The zero-order chi connectivity index (χ0) is 17.7. The normalized spacial score (nSPS) is 12.4. The van der Waals surface area contributed by atoms with Gasteiger partial charge in [0.1, 0.15) is 0 Å². The molecule has 1 amide bonds. The maximum absolute atomic E-state index is 12.6. The van der Waals surface area contributed by atoms with Gasteiger partial charge in [-0.1, -0.05) is 38.4 Å². The van der Waals surface area contributed by atoms with Crippen molar-refractivity contribution in [1.82, 2.24) is 20.4 Å². The Morgan fingerprint density at radius 3 is 2.71 bits per heavy atom. The Balaban J connectivity index is 2.27. The van der Waals surface area contributed by atoms with Crippen molar-refractivity contribution in [2.24, 2.45) is 0 Å². The molecule has 2 aromatic rings. The third kappa shape index (κ3) is 4.36. The second-order valence-electron chi connectivity index (χ2n) is 6.16. The molecular formula is C18H25ClN4O. The molecule has 0 aliphatic rings. The summed E-state index contributed by atoms with van der Waals surface area (Å²) in [6.45, 7) is 9.65. The summed E-state index contributed by atoms with van der Waals surface area (Å²) in [5, 5.41) is 11.3. The molecule has 0 aliphatic heterocycles. The van der Waals surface area contributed by atoms with Crippen LogP contribution in [0.4, 0.5) is 0 Å². The summed E-state index contributed by atoms with van der Waals surface area (Å²) in [5.41, 5.74) is 2.34. The Morgan fingerprint density at radius 1 is 1.33 bits per heavy atom. The molecule has 0 radical (unpaired) electrons. The summed E-state index contributed by atoms with van der Waals surface area (Å²) in [5.74, 6) is 0.0511. The highest BCUT2D eigenvalue weighted by Crippen LogP contribution is 2.24. The Bertz CT molecular complexity index is 696. The fourth-order valence-corrected chi connectivity index (χ4v) is 2.85. The number of likely N-dealkylation sites (N-methyl/N-ethyl adjacent to an activating group) is 1. The van der Waals surface area contributed by atoms with Crippen molar-refractivity contribution >= 4 is 17.5 Å². The number of carbonyl (C=O) groups is 1. The van der Waals surface area contributed by atoms with Gasteiger partial charge < -0.3 is 10.6 Å². The summed E-state index contributed by atoms with van der Waals surface area (Å²) < 4.78 is 1.79. The topological polar surface area (TPSA) is 58.9 Å². The van der Waals surface area contributed by atoms with Gasteiger partial charge in [0.15, 0.2) is 0 Å². The molecule has 0 saturated carbocycles. The van der Waals surface area contributed by atoms with Crippen molar-refractivity contribution < 1.29 is 4.79 Å². The van der Waals surface area contributed by atoms with Crippen LogP contribution in [0.5, 0.6) is 0 Å². The van der Waals surface area contributed by atoms with Crippen molar-refractivity contribution in [2.45, 2.75) is 39.7 Å². The van der Waals surface area contributed by atoms with Crippen LogP contribution in [0.2, 0.25) is 5.02 Å². The minimum atomic E-state index is -0.100. The highest BCUT2D eigenvalue weighted by molar-refractivity contribution is 6.30. The fourth-order valence-electron chi connectivity index (χ4n) is 2.66. The molecule has 1 aromatic heterocycles. The molecular weight excluding hydrogens is 324 g/mol. The molecule has 24 heavy (non-hydrogen) atoms. The molecule has 2 rings (SSSR count). The number of rotatable bonds is 7. The second kappa shape index (κ2) is 8.31. The first-order chi connectivity index (χ1) is 11.4. The molecule has 0 spiro atoms. The van der Waals surface area contributed by atoms with E-state index in [4.69, 9.17) is 11.6 Å². The second-order valence-corrected chi connectivity index (χ2v) is 6.60. The SMILES string of the molecule is CCN[C@H](C)CNC(=O)c1cnn(-c2cccc(Cl)c2)c1C(C)C. The zero-order valence-corrected chi connectivity index (χ0v) is 15.4. The quantitative estimate of drug-likeness (QED) is 0.806. The molecule has 0 fully saturated rings. The first-order valence-corrected chi connectivity index (χ1v) is 8.67. The van der Waals surface area contributed by atoms with E-state index in [2.05, 4.69) is 29.6 Å². The van der Waals surface area contributed by atoms with Crippen LogP contribution in [-0.2, 0) is 0 Å². The summed E-state index contributed by atoms with van der Waals surface area (Å²) >= 11 is 6.08. The number of amides is 1. The van der Waals surface area contributed by atoms with E-state index in [1.165, 1.54) is 0 Å². The lowest BCUT2D eigenvalue weighted by Crippen LogP contribution is -2.39. The van der Waals surface area contributed by atoms with Gasteiger partial charge in [0.2, 0.25) is 0 Å². The summed E-state index contributed by atoms with van der Waals surface area (Å²) in [6, 6.07) is 7.69. The van der Waals surface area contributed by atoms with Crippen LogP contribution in [0.3, 0.4) is 0 Å². The molecule has 0 saturated heterocycles. The van der Waals surface area contributed by atoms with E-state index in [-0.39, 0.29) is 17.9 Å². The number of nitrogens with zero attached hydrogens (tertiary/aromatic N) is 2. The van der Waals surface area contributed by atoms with Gasteiger partial charge in [-0.2, -0.15) is 5.10 Å². The molecule has 1 atom stereocenters. The van der Waals surface area contributed by atoms with Crippen LogP contribution in [0, 0.1) is 0 Å².